The Morgan fingerprint density at radius 2 is 2.08 bits per heavy atom. The van der Waals surface area contributed by atoms with E-state index in [0.717, 1.165) is 12.8 Å². The predicted molar refractivity (Wildman–Crippen MR) is 69.1 cm³/mol. The van der Waals surface area contributed by atoms with Gasteiger partial charge in [0, 0.05) is 10.7 Å². The van der Waals surface area contributed by atoms with E-state index in [1.807, 2.05) is 4.99 Å². The summed E-state index contributed by atoms with van der Waals surface area (Å²) in [6.45, 7) is 4.23. The molecule has 0 aliphatic heterocycles. The second-order valence-electron chi connectivity index (χ2n) is 3.13. The van der Waals surface area contributed by atoms with E-state index in [-0.39, 0.29) is 0 Å². The average Bonchev–Trinajstić information content (AvgIpc) is 2.11. The standard InChI is InChI=1S/C10H15Br2Cl/c1-8(2)4-3-5-9(6-11)10(12)7-13/h4,6,10H,3,5,7H2,1-2H3. The number of rotatable bonds is 5. The van der Waals surface area contributed by atoms with Gasteiger partial charge in [-0.2, -0.15) is 0 Å². The van der Waals surface area contributed by atoms with Gasteiger partial charge in [-0.1, -0.05) is 43.5 Å². The molecule has 0 heterocycles. The Morgan fingerprint density at radius 1 is 1.46 bits per heavy atom. The summed E-state index contributed by atoms with van der Waals surface area (Å²) in [5, 5.41) is 0. The third-order valence-electron chi connectivity index (χ3n) is 1.66. The van der Waals surface area contributed by atoms with Crippen molar-refractivity contribution < 1.29 is 0 Å². The van der Waals surface area contributed by atoms with E-state index >= 15 is 0 Å². The van der Waals surface area contributed by atoms with Crippen LogP contribution in [0.2, 0.25) is 0 Å². The molecule has 0 saturated heterocycles. The van der Waals surface area contributed by atoms with E-state index in [9.17, 15) is 0 Å². The molecule has 0 N–H and O–H groups in total. The highest BCUT2D eigenvalue weighted by molar-refractivity contribution is 9.11. The van der Waals surface area contributed by atoms with Crippen molar-refractivity contribution in [1.82, 2.24) is 0 Å². The Morgan fingerprint density at radius 3 is 2.46 bits per heavy atom. The molecule has 0 bridgehead atoms. The maximum Gasteiger partial charge on any atom is 0.0498 e. The maximum atomic E-state index is 5.74. The van der Waals surface area contributed by atoms with Gasteiger partial charge in [0.25, 0.3) is 0 Å². The van der Waals surface area contributed by atoms with Gasteiger partial charge in [0.05, 0.1) is 0 Å². The van der Waals surface area contributed by atoms with Gasteiger partial charge in [0.2, 0.25) is 0 Å². The van der Waals surface area contributed by atoms with Crippen LogP contribution in [0.4, 0.5) is 0 Å². The fourth-order valence-corrected chi connectivity index (χ4v) is 2.37. The molecule has 0 aliphatic carbocycles. The number of hydrogen-bond donors (Lipinski definition) is 0. The smallest absolute Gasteiger partial charge is 0.0498 e. The van der Waals surface area contributed by atoms with E-state index < -0.39 is 0 Å². The zero-order chi connectivity index (χ0) is 10.3. The molecule has 76 valence electrons. The summed E-state index contributed by atoms with van der Waals surface area (Å²) >= 11 is 12.6. The van der Waals surface area contributed by atoms with Crippen LogP contribution in [-0.2, 0) is 0 Å². The van der Waals surface area contributed by atoms with Gasteiger partial charge >= 0.3 is 0 Å². The molecule has 13 heavy (non-hydrogen) atoms. The van der Waals surface area contributed by atoms with Crippen LogP contribution in [0.15, 0.2) is 22.2 Å². The number of hydrogen-bond acceptors (Lipinski definition) is 0. The van der Waals surface area contributed by atoms with Crippen molar-refractivity contribution in [1.29, 1.82) is 0 Å². The largest absolute Gasteiger partial charge is 0.125 e. The Hall–Kier alpha value is 0.730. The van der Waals surface area contributed by atoms with Crippen molar-refractivity contribution in [3.8, 4) is 0 Å². The fraction of sp³-hybridized carbons (Fsp3) is 0.600. The van der Waals surface area contributed by atoms with Crippen molar-refractivity contribution in [2.45, 2.75) is 31.5 Å². The van der Waals surface area contributed by atoms with E-state index in [4.69, 9.17) is 11.6 Å². The molecular weight excluding hydrogens is 315 g/mol. The van der Waals surface area contributed by atoms with E-state index in [1.54, 1.807) is 0 Å². The molecule has 0 saturated carbocycles. The lowest BCUT2D eigenvalue weighted by Gasteiger charge is -2.09. The second-order valence-corrected chi connectivity index (χ2v) is 5.00. The molecule has 1 atom stereocenters. The van der Waals surface area contributed by atoms with Crippen molar-refractivity contribution in [3.63, 3.8) is 0 Å². The summed E-state index contributed by atoms with van der Waals surface area (Å²) in [5.74, 6) is 0.617. The van der Waals surface area contributed by atoms with Gasteiger partial charge in [-0.15, -0.1) is 11.6 Å². The highest BCUT2D eigenvalue weighted by Gasteiger charge is 2.07. The predicted octanol–water partition coefficient (Wildman–Crippen LogP) is 5.01. The molecular formula is C10H15Br2Cl. The summed E-state index contributed by atoms with van der Waals surface area (Å²) in [6, 6.07) is 0. The highest BCUT2D eigenvalue weighted by atomic mass is 79.9. The summed E-state index contributed by atoms with van der Waals surface area (Å²) in [6.07, 6.45) is 4.38. The van der Waals surface area contributed by atoms with Crippen LogP contribution >= 0.6 is 43.5 Å². The molecule has 0 amide bonds. The first-order chi connectivity index (χ1) is 6.11. The molecule has 0 aliphatic rings. The highest BCUT2D eigenvalue weighted by Crippen LogP contribution is 2.21. The zero-order valence-electron chi connectivity index (χ0n) is 7.99. The zero-order valence-corrected chi connectivity index (χ0v) is 11.9. The number of halogens is 3. The maximum absolute atomic E-state index is 5.74. The Balaban J connectivity index is 3.95. The third kappa shape index (κ3) is 6.75. The molecule has 0 radical (unpaired) electrons. The SMILES string of the molecule is CC(C)=CCCC(=CBr)C(Br)CCl. The minimum atomic E-state index is 0.291. The number of alkyl halides is 2. The van der Waals surface area contributed by atoms with Crippen LogP contribution < -0.4 is 0 Å². The normalized spacial score (nSPS) is 14.1. The average molecular weight is 330 g/mol. The molecule has 0 nitrogen and oxygen atoms in total. The Kier molecular flexibility index (Phi) is 8.53. The van der Waals surface area contributed by atoms with Crippen LogP contribution in [0, 0.1) is 0 Å². The van der Waals surface area contributed by atoms with Crippen molar-refractivity contribution in [2.75, 3.05) is 5.88 Å². The van der Waals surface area contributed by atoms with Gasteiger partial charge in [-0.25, -0.2) is 0 Å². The summed E-state index contributed by atoms with van der Waals surface area (Å²) in [7, 11) is 0. The fourth-order valence-electron chi connectivity index (χ4n) is 0.906. The Bertz CT molecular complexity index is 193. The third-order valence-corrected chi connectivity index (χ3v) is 3.84. The van der Waals surface area contributed by atoms with E-state index in [0.29, 0.717) is 10.7 Å². The summed E-state index contributed by atoms with van der Waals surface area (Å²) in [4.78, 5) is 2.26. The first-order valence-corrected chi connectivity index (χ1v) is 6.61. The van der Waals surface area contributed by atoms with Gasteiger partial charge < -0.3 is 0 Å². The molecule has 1 unspecified atom stereocenters. The molecule has 0 aromatic rings. The van der Waals surface area contributed by atoms with Crippen molar-refractivity contribution >= 4 is 43.5 Å². The van der Waals surface area contributed by atoms with Gasteiger partial charge in [-0.3, -0.25) is 0 Å². The summed E-state index contributed by atoms with van der Waals surface area (Å²) in [5.41, 5.74) is 2.68. The van der Waals surface area contributed by atoms with E-state index in [1.165, 1.54) is 11.1 Å². The van der Waals surface area contributed by atoms with Crippen LogP contribution in [0.25, 0.3) is 0 Å². The van der Waals surface area contributed by atoms with Crippen molar-refractivity contribution in [3.05, 3.63) is 22.2 Å². The second kappa shape index (κ2) is 8.07. The number of allylic oxidation sites excluding steroid dienone is 3. The lowest BCUT2D eigenvalue weighted by molar-refractivity contribution is 0.925. The first kappa shape index (κ1) is 13.7. The molecule has 0 fully saturated rings. The van der Waals surface area contributed by atoms with Crippen LogP contribution in [-0.4, -0.2) is 10.7 Å². The van der Waals surface area contributed by atoms with Gasteiger partial charge in [0.1, 0.15) is 0 Å². The van der Waals surface area contributed by atoms with Gasteiger partial charge in [0.15, 0.2) is 0 Å². The minimum absolute atomic E-state index is 0.291. The Labute approximate surface area is 103 Å². The topological polar surface area (TPSA) is 0 Å². The lowest BCUT2D eigenvalue weighted by atomic mass is 10.1. The monoisotopic (exact) mass is 328 g/mol. The quantitative estimate of drug-likeness (QED) is 0.491. The lowest BCUT2D eigenvalue weighted by Crippen LogP contribution is -2.03. The minimum Gasteiger partial charge on any atom is -0.125 e. The van der Waals surface area contributed by atoms with Gasteiger partial charge in [-0.05, 0) is 37.2 Å². The first-order valence-electron chi connectivity index (χ1n) is 4.24. The molecule has 0 aromatic carbocycles. The van der Waals surface area contributed by atoms with Crippen LogP contribution in [0.5, 0.6) is 0 Å². The molecule has 3 heteroatoms. The van der Waals surface area contributed by atoms with E-state index in [2.05, 4.69) is 51.8 Å². The van der Waals surface area contributed by atoms with Crippen molar-refractivity contribution in [2.24, 2.45) is 0 Å². The molecule has 0 aromatic heterocycles. The van der Waals surface area contributed by atoms with Crippen LogP contribution in [0.1, 0.15) is 26.7 Å². The summed E-state index contributed by atoms with van der Waals surface area (Å²) < 4.78 is 0. The molecule has 0 rings (SSSR count). The van der Waals surface area contributed by atoms with Crippen LogP contribution in [0.3, 0.4) is 0 Å². The molecule has 0 spiro atoms.